The predicted octanol–water partition coefficient (Wildman–Crippen LogP) is 2.80. The average molecular weight is 327 g/mol. The van der Waals surface area contributed by atoms with Crippen molar-refractivity contribution in [3.05, 3.63) is 47.3 Å². The second-order valence-electron chi connectivity index (χ2n) is 4.76. The first-order valence-corrected chi connectivity index (χ1v) is 7.02. The topological polar surface area (TPSA) is 67.0 Å². The Bertz CT molecular complexity index is 651. The Morgan fingerprint density at radius 3 is 2.57 bits per heavy atom. The molecule has 0 saturated carbocycles. The lowest BCUT2D eigenvalue weighted by Crippen LogP contribution is -2.28. The van der Waals surface area contributed by atoms with E-state index in [1.54, 1.807) is 6.07 Å². The van der Waals surface area contributed by atoms with E-state index in [-0.39, 0.29) is 24.8 Å². The Morgan fingerprint density at radius 1 is 1.30 bits per heavy atom. The van der Waals surface area contributed by atoms with E-state index in [1.807, 2.05) is 6.92 Å². The first kappa shape index (κ1) is 16.9. The van der Waals surface area contributed by atoms with Gasteiger partial charge < -0.3 is 10.1 Å². The van der Waals surface area contributed by atoms with Crippen molar-refractivity contribution in [1.29, 1.82) is 0 Å². The molecule has 0 spiro atoms. The second kappa shape index (κ2) is 7.17. The van der Waals surface area contributed by atoms with Crippen molar-refractivity contribution in [3.63, 3.8) is 0 Å². The largest absolute Gasteiger partial charge is 0.492 e. The lowest BCUT2D eigenvalue weighted by atomic mass is 10.2. The fourth-order valence-electron chi connectivity index (χ4n) is 1.82. The zero-order valence-electron chi connectivity index (χ0n) is 12.4. The minimum Gasteiger partial charge on any atom is -0.492 e. The monoisotopic (exact) mass is 327 g/mol. The second-order valence-corrected chi connectivity index (χ2v) is 4.76. The molecular weight excluding hydrogens is 311 g/mol. The third-order valence-corrected chi connectivity index (χ3v) is 3.08. The van der Waals surface area contributed by atoms with Gasteiger partial charge in [-0.1, -0.05) is 6.92 Å². The molecule has 23 heavy (non-hydrogen) atoms. The van der Waals surface area contributed by atoms with Gasteiger partial charge in [-0.05, 0) is 36.8 Å². The number of nitrogens with one attached hydrogen (secondary N) is 2. The van der Waals surface area contributed by atoms with E-state index >= 15 is 0 Å². The van der Waals surface area contributed by atoms with Crippen LogP contribution in [-0.2, 0) is 12.6 Å². The highest BCUT2D eigenvalue weighted by atomic mass is 19.4. The van der Waals surface area contributed by atoms with Crippen LogP contribution in [0.5, 0.6) is 5.75 Å². The van der Waals surface area contributed by atoms with Crippen molar-refractivity contribution in [2.24, 2.45) is 0 Å². The van der Waals surface area contributed by atoms with E-state index in [2.05, 4.69) is 15.5 Å². The number of benzene rings is 1. The molecule has 8 heteroatoms. The van der Waals surface area contributed by atoms with Crippen molar-refractivity contribution in [2.75, 3.05) is 13.2 Å². The molecule has 0 fully saturated rings. The first-order chi connectivity index (χ1) is 10.9. The lowest BCUT2D eigenvalue weighted by molar-refractivity contribution is -0.137. The van der Waals surface area contributed by atoms with Gasteiger partial charge in [-0.25, -0.2) is 0 Å². The SMILES string of the molecule is CCc1cc(C(=O)NCCOc2ccc(C(F)(F)F)cc2)n[nH]1. The third-order valence-electron chi connectivity index (χ3n) is 3.08. The summed E-state index contributed by atoms with van der Waals surface area (Å²) in [4.78, 5) is 11.8. The molecule has 0 radical (unpaired) electrons. The highest BCUT2D eigenvalue weighted by molar-refractivity contribution is 5.92. The average Bonchev–Trinajstić information content (AvgIpc) is 3.00. The number of aromatic nitrogens is 2. The van der Waals surface area contributed by atoms with Crippen LogP contribution < -0.4 is 10.1 Å². The molecule has 1 heterocycles. The van der Waals surface area contributed by atoms with Crippen LogP contribution in [0.25, 0.3) is 0 Å². The molecule has 1 aromatic heterocycles. The summed E-state index contributed by atoms with van der Waals surface area (Å²) in [6.45, 7) is 2.30. The maximum atomic E-state index is 12.4. The number of amides is 1. The van der Waals surface area contributed by atoms with Crippen LogP contribution in [0.1, 0.15) is 28.7 Å². The molecule has 0 aliphatic carbocycles. The van der Waals surface area contributed by atoms with Crippen LogP contribution in [0.3, 0.4) is 0 Å². The zero-order chi connectivity index (χ0) is 16.9. The third kappa shape index (κ3) is 4.73. The maximum absolute atomic E-state index is 12.4. The summed E-state index contributed by atoms with van der Waals surface area (Å²) in [5.41, 5.74) is 0.413. The molecule has 1 aromatic carbocycles. The number of H-pyrrole nitrogens is 1. The van der Waals surface area contributed by atoms with Gasteiger partial charge in [-0.3, -0.25) is 9.89 Å². The number of rotatable bonds is 6. The molecule has 1 amide bonds. The highest BCUT2D eigenvalue weighted by Crippen LogP contribution is 2.30. The highest BCUT2D eigenvalue weighted by Gasteiger charge is 2.29. The molecule has 0 aliphatic heterocycles. The number of hydrogen-bond donors (Lipinski definition) is 2. The Hall–Kier alpha value is -2.51. The standard InChI is InChI=1S/C15H16F3N3O2/c1-2-11-9-13(21-20-11)14(22)19-7-8-23-12-5-3-10(4-6-12)15(16,17)18/h3-6,9H,2,7-8H2,1H3,(H,19,22)(H,20,21). The number of halogens is 3. The van der Waals surface area contributed by atoms with Crippen molar-refractivity contribution in [1.82, 2.24) is 15.5 Å². The van der Waals surface area contributed by atoms with Crippen LogP contribution in [0, 0.1) is 0 Å². The zero-order valence-corrected chi connectivity index (χ0v) is 12.4. The predicted molar refractivity (Wildman–Crippen MR) is 77.2 cm³/mol. The van der Waals surface area contributed by atoms with Crippen molar-refractivity contribution in [3.8, 4) is 5.75 Å². The molecule has 0 atom stereocenters. The van der Waals surface area contributed by atoms with Gasteiger partial charge in [-0.2, -0.15) is 18.3 Å². The minimum absolute atomic E-state index is 0.141. The van der Waals surface area contributed by atoms with E-state index in [4.69, 9.17) is 4.74 Å². The van der Waals surface area contributed by atoms with E-state index in [9.17, 15) is 18.0 Å². The Morgan fingerprint density at radius 2 is 2.00 bits per heavy atom. The normalized spacial score (nSPS) is 11.3. The van der Waals surface area contributed by atoms with E-state index in [1.165, 1.54) is 12.1 Å². The van der Waals surface area contributed by atoms with Crippen molar-refractivity contribution < 1.29 is 22.7 Å². The maximum Gasteiger partial charge on any atom is 0.416 e. The molecule has 2 N–H and O–H groups in total. The molecular formula is C15H16F3N3O2. The van der Waals surface area contributed by atoms with Gasteiger partial charge in [-0.15, -0.1) is 0 Å². The number of hydrogen-bond acceptors (Lipinski definition) is 3. The number of nitrogens with zero attached hydrogens (tertiary/aromatic N) is 1. The number of carbonyl (C=O) groups excluding carboxylic acids is 1. The smallest absolute Gasteiger partial charge is 0.416 e. The molecule has 2 rings (SSSR count). The molecule has 124 valence electrons. The number of carbonyl (C=O) groups is 1. The summed E-state index contributed by atoms with van der Waals surface area (Å²) in [7, 11) is 0. The fraction of sp³-hybridized carbons (Fsp3) is 0.333. The summed E-state index contributed by atoms with van der Waals surface area (Å²) >= 11 is 0. The van der Waals surface area contributed by atoms with Crippen LogP contribution >= 0.6 is 0 Å². The van der Waals surface area contributed by atoms with Gasteiger partial charge in [0.05, 0.1) is 12.1 Å². The first-order valence-electron chi connectivity index (χ1n) is 7.02. The molecule has 0 aliphatic rings. The van der Waals surface area contributed by atoms with Gasteiger partial charge in [0.2, 0.25) is 0 Å². The Balaban J connectivity index is 1.76. The summed E-state index contributed by atoms with van der Waals surface area (Å²) in [6, 6.07) is 6.04. The van der Waals surface area contributed by atoms with Crippen molar-refractivity contribution in [2.45, 2.75) is 19.5 Å². The van der Waals surface area contributed by atoms with E-state index < -0.39 is 11.7 Å². The van der Waals surface area contributed by atoms with Gasteiger partial charge in [0.1, 0.15) is 18.1 Å². The fourth-order valence-corrected chi connectivity index (χ4v) is 1.82. The van der Waals surface area contributed by atoms with Gasteiger partial charge >= 0.3 is 6.18 Å². The molecule has 0 saturated heterocycles. The number of ether oxygens (including phenoxy) is 1. The van der Waals surface area contributed by atoms with Crippen LogP contribution in [0.2, 0.25) is 0 Å². The van der Waals surface area contributed by atoms with Gasteiger partial charge in [0.15, 0.2) is 0 Å². The van der Waals surface area contributed by atoms with Crippen molar-refractivity contribution >= 4 is 5.91 Å². The van der Waals surface area contributed by atoms with Crippen LogP contribution in [0.4, 0.5) is 13.2 Å². The number of alkyl halides is 3. The van der Waals surface area contributed by atoms with Crippen LogP contribution in [-0.4, -0.2) is 29.3 Å². The van der Waals surface area contributed by atoms with Gasteiger partial charge in [0.25, 0.3) is 5.91 Å². The summed E-state index contributed by atoms with van der Waals surface area (Å²) in [5.74, 6) is -0.0303. The summed E-state index contributed by atoms with van der Waals surface area (Å²) < 4.78 is 42.5. The summed E-state index contributed by atoms with van der Waals surface area (Å²) in [5, 5.41) is 9.22. The van der Waals surface area contributed by atoms with Crippen LogP contribution in [0.15, 0.2) is 30.3 Å². The molecule has 5 nitrogen and oxygen atoms in total. The van der Waals surface area contributed by atoms with Gasteiger partial charge in [0, 0.05) is 5.69 Å². The quantitative estimate of drug-likeness (QED) is 0.802. The molecule has 2 aromatic rings. The van der Waals surface area contributed by atoms with E-state index in [0.717, 1.165) is 24.2 Å². The molecule has 0 unspecified atom stereocenters. The number of aryl methyl sites for hydroxylation is 1. The molecule has 0 bridgehead atoms. The Labute approximate surface area is 130 Å². The lowest BCUT2D eigenvalue weighted by Gasteiger charge is -2.09. The Kier molecular flexibility index (Phi) is 5.25. The summed E-state index contributed by atoms with van der Waals surface area (Å²) in [6.07, 6.45) is -3.62. The van der Waals surface area contributed by atoms with E-state index in [0.29, 0.717) is 5.75 Å². The number of aromatic amines is 1. The minimum atomic E-state index is -4.37.